The number of anilines is 2. The number of aryl methyl sites for hydroxylation is 1. The van der Waals surface area contributed by atoms with Crippen LogP contribution in [0, 0.1) is 27.2 Å². The van der Waals surface area contributed by atoms with Gasteiger partial charge in [0.15, 0.2) is 0 Å². The van der Waals surface area contributed by atoms with Crippen LogP contribution in [-0.4, -0.2) is 29.4 Å². The molecule has 1 amide bonds. The highest BCUT2D eigenvalue weighted by Crippen LogP contribution is 2.28. The highest BCUT2D eigenvalue weighted by atomic mass is 16.6. The van der Waals surface area contributed by atoms with Crippen molar-refractivity contribution in [2.24, 2.45) is 0 Å². The number of non-ortho nitro benzene ring substituents is 2. The number of carbonyl (C=O) groups is 1. The van der Waals surface area contributed by atoms with Gasteiger partial charge in [-0.15, -0.1) is 0 Å². The van der Waals surface area contributed by atoms with Gasteiger partial charge in [0.25, 0.3) is 11.4 Å². The Labute approximate surface area is 148 Å². The summed E-state index contributed by atoms with van der Waals surface area (Å²) in [7, 11) is 1.41. The zero-order valence-electron chi connectivity index (χ0n) is 14.0. The zero-order valence-corrected chi connectivity index (χ0v) is 14.0. The minimum absolute atomic E-state index is 0.0695. The predicted molar refractivity (Wildman–Crippen MR) is 94.6 cm³/mol. The molecule has 0 aliphatic carbocycles. The smallest absolute Gasteiger partial charge is 0.271 e. The van der Waals surface area contributed by atoms with Crippen LogP contribution in [0.15, 0.2) is 36.4 Å². The molecule has 0 bridgehead atoms. The van der Waals surface area contributed by atoms with Gasteiger partial charge < -0.3 is 15.4 Å². The Hall–Kier alpha value is -3.69. The molecule has 10 heteroatoms. The van der Waals surface area contributed by atoms with Gasteiger partial charge in [0, 0.05) is 30.0 Å². The second kappa shape index (κ2) is 7.92. The molecular formula is C16H16N4O6. The summed E-state index contributed by atoms with van der Waals surface area (Å²) < 4.78 is 5.10. The first-order valence-corrected chi connectivity index (χ1v) is 7.43. The topological polar surface area (TPSA) is 137 Å². The summed E-state index contributed by atoms with van der Waals surface area (Å²) in [5.41, 5.74) is 1.08. The molecule has 0 fully saturated rings. The van der Waals surface area contributed by atoms with Gasteiger partial charge in [0.1, 0.15) is 5.75 Å². The predicted octanol–water partition coefficient (Wildman–Crippen LogP) is 2.87. The number of nitrogens with one attached hydrogen (secondary N) is 2. The Morgan fingerprint density at radius 3 is 2.23 bits per heavy atom. The van der Waals surface area contributed by atoms with Crippen LogP contribution in [0.3, 0.4) is 0 Å². The summed E-state index contributed by atoms with van der Waals surface area (Å²) in [6.45, 7) is 1.47. The van der Waals surface area contributed by atoms with E-state index >= 15 is 0 Å². The van der Waals surface area contributed by atoms with Crippen LogP contribution < -0.4 is 15.4 Å². The van der Waals surface area contributed by atoms with Crippen molar-refractivity contribution in [2.75, 3.05) is 24.3 Å². The van der Waals surface area contributed by atoms with Gasteiger partial charge in [-0.05, 0) is 24.6 Å². The largest absolute Gasteiger partial charge is 0.495 e. The van der Waals surface area contributed by atoms with Crippen LogP contribution in [0.2, 0.25) is 0 Å². The quantitative estimate of drug-likeness (QED) is 0.572. The fourth-order valence-corrected chi connectivity index (χ4v) is 2.22. The van der Waals surface area contributed by atoms with E-state index < -0.39 is 15.8 Å². The zero-order chi connectivity index (χ0) is 19.3. The average molecular weight is 360 g/mol. The summed E-state index contributed by atoms with van der Waals surface area (Å²) in [5.74, 6) is -0.0644. The van der Waals surface area contributed by atoms with Gasteiger partial charge in [-0.25, -0.2) is 0 Å². The van der Waals surface area contributed by atoms with Crippen molar-refractivity contribution in [3.63, 3.8) is 0 Å². The Morgan fingerprint density at radius 1 is 1.04 bits per heavy atom. The molecule has 2 aromatic rings. The van der Waals surface area contributed by atoms with E-state index in [4.69, 9.17) is 4.74 Å². The molecule has 2 N–H and O–H groups in total. The summed E-state index contributed by atoms with van der Waals surface area (Å²) in [6.07, 6.45) is 0. The number of nitro groups is 2. The maximum Gasteiger partial charge on any atom is 0.271 e. The van der Waals surface area contributed by atoms with E-state index in [1.165, 1.54) is 43.5 Å². The number of benzene rings is 2. The Morgan fingerprint density at radius 2 is 1.65 bits per heavy atom. The number of methoxy groups -OCH3 is 1. The lowest BCUT2D eigenvalue weighted by atomic mass is 10.2. The van der Waals surface area contributed by atoms with E-state index in [1.54, 1.807) is 6.92 Å². The number of rotatable bonds is 7. The molecule has 2 rings (SSSR count). The third kappa shape index (κ3) is 4.44. The molecule has 0 atom stereocenters. The van der Waals surface area contributed by atoms with Crippen molar-refractivity contribution >= 4 is 28.7 Å². The third-order valence-corrected chi connectivity index (χ3v) is 3.53. The molecular weight excluding hydrogens is 344 g/mol. The SMILES string of the molecule is COc1ccc([N+](=O)[O-])cc1NCC(=O)Nc1ccc([N+](=O)[O-])cc1C. The first-order valence-electron chi connectivity index (χ1n) is 7.43. The second-order valence-electron chi connectivity index (χ2n) is 5.30. The molecule has 26 heavy (non-hydrogen) atoms. The summed E-state index contributed by atoms with van der Waals surface area (Å²) in [6, 6.07) is 8.08. The number of nitro benzene ring substituents is 2. The number of carbonyl (C=O) groups excluding carboxylic acids is 1. The van der Waals surface area contributed by atoms with Gasteiger partial charge in [-0.2, -0.15) is 0 Å². The van der Waals surface area contributed by atoms with Crippen molar-refractivity contribution in [3.05, 3.63) is 62.2 Å². The molecule has 0 radical (unpaired) electrons. The first kappa shape index (κ1) is 18.6. The van der Waals surface area contributed by atoms with E-state index in [0.717, 1.165) is 0 Å². The van der Waals surface area contributed by atoms with E-state index in [1.807, 2.05) is 0 Å². The summed E-state index contributed by atoms with van der Waals surface area (Å²) >= 11 is 0. The maximum absolute atomic E-state index is 12.1. The molecule has 0 saturated heterocycles. The second-order valence-corrected chi connectivity index (χ2v) is 5.30. The van der Waals surface area contributed by atoms with Crippen molar-refractivity contribution < 1.29 is 19.4 Å². The standard InChI is InChI=1S/C16H16N4O6/c1-10-7-11(19(22)23)3-5-13(10)18-16(21)9-17-14-8-12(20(24)25)4-6-15(14)26-2/h3-8,17H,9H2,1-2H3,(H,18,21). The van der Waals surface area contributed by atoms with Gasteiger partial charge in [-0.3, -0.25) is 25.0 Å². The first-order chi connectivity index (χ1) is 12.3. The third-order valence-electron chi connectivity index (χ3n) is 3.53. The van der Waals surface area contributed by atoms with Crippen LogP contribution in [0.1, 0.15) is 5.56 Å². The number of hydrogen-bond acceptors (Lipinski definition) is 7. The number of nitrogens with zero attached hydrogens (tertiary/aromatic N) is 2. The van der Waals surface area contributed by atoms with Gasteiger partial charge in [0.05, 0.1) is 29.2 Å². The van der Waals surface area contributed by atoms with Gasteiger partial charge in [-0.1, -0.05) is 0 Å². The minimum atomic E-state index is -0.551. The fourth-order valence-electron chi connectivity index (χ4n) is 2.22. The van der Waals surface area contributed by atoms with E-state index in [2.05, 4.69) is 10.6 Å². The highest BCUT2D eigenvalue weighted by Gasteiger charge is 2.13. The Kier molecular flexibility index (Phi) is 5.68. The Balaban J connectivity index is 2.06. The lowest BCUT2D eigenvalue weighted by Crippen LogP contribution is -2.22. The molecule has 0 aliphatic heterocycles. The molecule has 0 spiro atoms. The minimum Gasteiger partial charge on any atom is -0.495 e. The average Bonchev–Trinajstić information content (AvgIpc) is 2.61. The molecule has 136 valence electrons. The van der Waals surface area contributed by atoms with Crippen molar-refractivity contribution in [1.29, 1.82) is 0 Å². The summed E-state index contributed by atoms with van der Waals surface area (Å²) in [4.78, 5) is 32.6. The van der Waals surface area contributed by atoms with Crippen molar-refractivity contribution in [3.8, 4) is 5.75 Å². The normalized spacial score (nSPS) is 10.1. The van der Waals surface area contributed by atoms with Crippen LogP contribution >= 0.6 is 0 Å². The van der Waals surface area contributed by atoms with Crippen molar-refractivity contribution in [2.45, 2.75) is 6.92 Å². The lowest BCUT2D eigenvalue weighted by Gasteiger charge is -2.12. The van der Waals surface area contributed by atoms with E-state index in [9.17, 15) is 25.0 Å². The number of ether oxygens (including phenoxy) is 1. The lowest BCUT2D eigenvalue weighted by molar-refractivity contribution is -0.385. The van der Waals surface area contributed by atoms with E-state index in [-0.39, 0.29) is 17.9 Å². The van der Waals surface area contributed by atoms with Crippen molar-refractivity contribution in [1.82, 2.24) is 0 Å². The number of hydrogen-bond donors (Lipinski definition) is 2. The molecule has 0 aliphatic rings. The van der Waals surface area contributed by atoms with Gasteiger partial charge in [0.2, 0.25) is 5.91 Å². The maximum atomic E-state index is 12.1. The van der Waals surface area contributed by atoms with Gasteiger partial charge >= 0.3 is 0 Å². The molecule has 0 saturated carbocycles. The molecule has 0 aromatic heterocycles. The monoisotopic (exact) mass is 360 g/mol. The number of amides is 1. The highest BCUT2D eigenvalue weighted by molar-refractivity contribution is 5.94. The molecule has 0 unspecified atom stereocenters. The fraction of sp³-hybridized carbons (Fsp3) is 0.188. The molecule has 2 aromatic carbocycles. The van der Waals surface area contributed by atoms with Crippen LogP contribution in [0.5, 0.6) is 5.75 Å². The molecule has 10 nitrogen and oxygen atoms in total. The summed E-state index contributed by atoms with van der Waals surface area (Å²) in [5, 5.41) is 27.0. The van der Waals surface area contributed by atoms with Crippen LogP contribution in [0.25, 0.3) is 0 Å². The molecule has 0 heterocycles. The van der Waals surface area contributed by atoms with Crippen LogP contribution in [0.4, 0.5) is 22.7 Å². The van der Waals surface area contributed by atoms with E-state index in [0.29, 0.717) is 22.7 Å². The Bertz CT molecular complexity index is 868. The van der Waals surface area contributed by atoms with Crippen LogP contribution in [-0.2, 0) is 4.79 Å².